The van der Waals surface area contributed by atoms with Crippen LogP contribution in [0.25, 0.3) is 0 Å². The Hall–Kier alpha value is -3.02. The second kappa shape index (κ2) is 6.84. The summed E-state index contributed by atoms with van der Waals surface area (Å²) in [7, 11) is 3.92. The fraction of sp³-hybridized carbons (Fsp3) is 0.263. The molecule has 1 N–H and O–H groups in total. The van der Waals surface area contributed by atoms with Crippen LogP contribution < -0.4 is 19.9 Å². The average Bonchev–Trinajstić information content (AvgIpc) is 2.56. The number of aryl methyl sites for hydroxylation is 1. The van der Waals surface area contributed by atoms with Crippen LogP contribution >= 0.6 is 0 Å². The molecule has 3 rings (SSSR count). The van der Waals surface area contributed by atoms with E-state index in [9.17, 15) is 9.59 Å². The smallest absolute Gasteiger partial charge is 0.331 e. The van der Waals surface area contributed by atoms with Gasteiger partial charge >= 0.3 is 5.97 Å². The predicted octanol–water partition coefficient (Wildman–Crippen LogP) is 2.43. The molecule has 0 fully saturated rings. The lowest BCUT2D eigenvalue weighted by Crippen LogP contribution is -2.41. The molecule has 6 heteroatoms. The molecule has 0 unspecified atom stereocenters. The molecule has 0 atom stereocenters. The van der Waals surface area contributed by atoms with Crippen molar-refractivity contribution in [1.29, 1.82) is 0 Å². The van der Waals surface area contributed by atoms with E-state index in [-0.39, 0.29) is 25.0 Å². The fourth-order valence-electron chi connectivity index (χ4n) is 2.71. The second-order valence-corrected chi connectivity index (χ2v) is 6.29. The molecule has 2 aromatic carbocycles. The molecule has 0 bridgehead atoms. The highest BCUT2D eigenvalue weighted by Crippen LogP contribution is 2.32. The van der Waals surface area contributed by atoms with E-state index in [2.05, 4.69) is 5.32 Å². The van der Waals surface area contributed by atoms with Crippen LogP contribution in [0.2, 0.25) is 0 Å². The Morgan fingerprint density at radius 2 is 1.92 bits per heavy atom. The number of hydrogen-bond acceptors (Lipinski definition) is 5. The first-order chi connectivity index (χ1) is 11.9. The minimum atomic E-state index is -0.362. The van der Waals surface area contributed by atoms with Crippen molar-refractivity contribution in [3.8, 4) is 5.75 Å². The molecule has 0 aromatic heterocycles. The summed E-state index contributed by atoms with van der Waals surface area (Å²) in [6, 6.07) is 13.1. The van der Waals surface area contributed by atoms with Gasteiger partial charge in [0.25, 0.3) is 0 Å². The van der Waals surface area contributed by atoms with Gasteiger partial charge in [0.15, 0.2) is 5.75 Å². The zero-order chi connectivity index (χ0) is 18.0. The predicted molar refractivity (Wildman–Crippen MR) is 98.4 cm³/mol. The first-order valence-corrected chi connectivity index (χ1v) is 8.06. The minimum Gasteiger partial charge on any atom is -0.423 e. The lowest BCUT2D eigenvalue weighted by atomic mass is 10.1. The number of benzene rings is 2. The molecule has 1 aliphatic rings. The second-order valence-electron chi connectivity index (χ2n) is 6.29. The van der Waals surface area contributed by atoms with Gasteiger partial charge in [0.05, 0.1) is 12.2 Å². The molecule has 6 nitrogen and oxygen atoms in total. The number of anilines is 3. The van der Waals surface area contributed by atoms with Crippen LogP contribution in [0.4, 0.5) is 17.1 Å². The molecule has 1 amide bonds. The van der Waals surface area contributed by atoms with Crippen molar-refractivity contribution in [2.45, 2.75) is 6.92 Å². The van der Waals surface area contributed by atoms with Crippen molar-refractivity contribution in [3.05, 3.63) is 48.0 Å². The van der Waals surface area contributed by atoms with Gasteiger partial charge in [-0.1, -0.05) is 6.07 Å². The van der Waals surface area contributed by atoms with Gasteiger partial charge in [-0.05, 0) is 48.9 Å². The van der Waals surface area contributed by atoms with Crippen molar-refractivity contribution in [3.63, 3.8) is 0 Å². The van der Waals surface area contributed by atoms with Crippen molar-refractivity contribution in [1.82, 2.24) is 0 Å². The van der Waals surface area contributed by atoms with Gasteiger partial charge in [-0.15, -0.1) is 0 Å². The van der Waals surface area contributed by atoms with Gasteiger partial charge in [0, 0.05) is 25.5 Å². The number of rotatable bonds is 4. The van der Waals surface area contributed by atoms with Gasteiger partial charge in [-0.2, -0.15) is 0 Å². The lowest BCUT2D eigenvalue weighted by Gasteiger charge is -2.29. The summed E-state index contributed by atoms with van der Waals surface area (Å²) >= 11 is 0. The standard InChI is InChI=1S/C19H21N3O3/c1-13-4-9-17-16(10-13)22(12-19(24)25-17)11-18(23)20-14-5-7-15(8-6-14)21(2)3/h4-10H,11-12H2,1-3H3,(H,20,23). The molecule has 0 aliphatic carbocycles. The molecular weight excluding hydrogens is 318 g/mol. The summed E-state index contributed by atoms with van der Waals surface area (Å²) in [6.07, 6.45) is 0. The SMILES string of the molecule is Cc1ccc2c(c1)N(CC(=O)Nc1ccc(N(C)C)cc1)CC(=O)O2. The van der Waals surface area contributed by atoms with E-state index in [0.29, 0.717) is 5.75 Å². The Labute approximate surface area is 147 Å². The third-order valence-electron chi connectivity index (χ3n) is 4.00. The molecular formula is C19H21N3O3. The third kappa shape index (κ3) is 3.91. The first kappa shape index (κ1) is 16.8. The molecule has 25 heavy (non-hydrogen) atoms. The van der Waals surface area contributed by atoms with Gasteiger partial charge < -0.3 is 19.9 Å². The minimum absolute atomic E-state index is 0.0590. The summed E-state index contributed by atoms with van der Waals surface area (Å²) in [5.41, 5.74) is 3.58. The summed E-state index contributed by atoms with van der Waals surface area (Å²) in [6.45, 7) is 2.10. The number of hydrogen-bond donors (Lipinski definition) is 1. The van der Waals surface area contributed by atoms with E-state index < -0.39 is 0 Å². The number of carbonyl (C=O) groups is 2. The summed E-state index contributed by atoms with van der Waals surface area (Å²) in [5.74, 6) is -0.0516. The number of fused-ring (bicyclic) bond motifs is 1. The molecule has 2 aromatic rings. The molecule has 1 aliphatic heterocycles. The van der Waals surface area contributed by atoms with E-state index in [4.69, 9.17) is 4.74 Å². The van der Waals surface area contributed by atoms with Gasteiger partial charge in [0.1, 0.15) is 6.54 Å². The number of amides is 1. The quantitative estimate of drug-likeness (QED) is 0.685. The highest BCUT2D eigenvalue weighted by Gasteiger charge is 2.25. The maximum atomic E-state index is 12.4. The first-order valence-electron chi connectivity index (χ1n) is 8.06. The van der Waals surface area contributed by atoms with E-state index in [1.165, 1.54) is 0 Å². The number of carbonyl (C=O) groups excluding carboxylic acids is 2. The van der Waals surface area contributed by atoms with Gasteiger partial charge in [-0.25, -0.2) is 4.79 Å². The van der Waals surface area contributed by atoms with Crippen LogP contribution in [0.3, 0.4) is 0 Å². The van der Waals surface area contributed by atoms with Crippen LogP contribution in [0.5, 0.6) is 5.75 Å². The zero-order valence-electron chi connectivity index (χ0n) is 14.6. The Morgan fingerprint density at radius 1 is 1.20 bits per heavy atom. The molecule has 0 saturated carbocycles. The summed E-state index contributed by atoms with van der Waals surface area (Å²) < 4.78 is 5.24. The van der Waals surface area contributed by atoms with E-state index in [0.717, 1.165) is 22.6 Å². The molecule has 0 spiro atoms. The normalized spacial score (nSPS) is 13.1. The number of nitrogens with one attached hydrogen (secondary N) is 1. The Kier molecular flexibility index (Phi) is 4.61. The fourth-order valence-corrected chi connectivity index (χ4v) is 2.71. The van der Waals surface area contributed by atoms with E-state index in [1.807, 2.05) is 62.3 Å². The maximum absolute atomic E-state index is 12.4. The summed E-state index contributed by atoms with van der Waals surface area (Å²) in [4.78, 5) is 27.9. The van der Waals surface area contributed by atoms with E-state index >= 15 is 0 Å². The van der Waals surface area contributed by atoms with Crippen molar-refractivity contribution in [2.75, 3.05) is 42.3 Å². The molecule has 0 radical (unpaired) electrons. The topological polar surface area (TPSA) is 61.9 Å². The third-order valence-corrected chi connectivity index (χ3v) is 4.00. The number of ether oxygens (including phenoxy) is 1. The van der Waals surface area contributed by atoms with Crippen molar-refractivity contribution >= 4 is 28.9 Å². The molecule has 1 heterocycles. The highest BCUT2D eigenvalue weighted by atomic mass is 16.5. The van der Waals surface area contributed by atoms with Crippen LogP contribution in [-0.4, -0.2) is 39.1 Å². The number of nitrogens with zero attached hydrogens (tertiary/aromatic N) is 2. The Bertz CT molecular complexity index is 800. The zero-order valence-corrected chi connectivity index (χ0v) is 14.6. The van der Waals surface area contributed by atoms with Crippen LogP contribution in [0.15, 0.2) is 42.5 Å². The van der Waals surface area contributed by atoms with Crippen molar-refractivity contribution in [2.24, 2.45) is 0 Å². The largest absolute Gasteiger partial charge is 0.423 e. The highest BCUT2D eigenvalue weighted by molar-refractivity contribution is 5.96. The Balaban J connectivity index is 1.71. The molecule has 0 saturated heterocycles. The Morgan fingerprint density at radius 3 is 2.60 bits per heavy atom. The maximum Gasteiger partial charge on any atom is 0.331 e. The monoisotopic (exact) mass is 339 g/mol. The average molecular weight is 339 g/mol. The van der Waals surface area contributed by atoms with Crippen molar-refractivity contribution < 1.29 is 14.3 Å². The van der Waals surface area contributed by atoms with Gasteiger partial charge in [-0.3, -0.25) is 4.79 Å². The van der Waals surface area contributed by atoms with Crippen LogP contribution in [0.1, 0.15) is 5.56 Å². The summed E-state index contributed by atoms with van der Waals surface area (Å²) in [5, 5.41) is 2.86. The lowest BCUT2D eigenvalue weighted by molar-refractivity contribution is -0.133. The van der Waals surface area contributed by atoms with Crippen LogP contribution in [-0.2, 0) is 9.59 Å². The van der Waals surface area contributed by atoms with Crippen LogP contribution in [0, 0.1) is 6.92 Å². The number of esters is 1. The van der Waals surface area contributed by atoms with E-state index in [1.54, 1.807) is 11.0 Å². The van der Waals surface area contributed by atoms with Gasteiger partial charge in [0.2, 0.25) is 5.91 Å². The molecule has 130 valence electrons.